The van der Waals surface area contributed by atoms with Gasteiger partial charge in [0.25, 0.3) is 5.91 Å². The van der Waals surface area contributed by atoms with E-state index in [0.717, 1.165) is 14.6 Å². The molecule has 2 aromatic carbocycles. The Bertz CT molecular complexity index is 846. The fraction of sp³-hybridized carbons (Fsp3) is 0.125. The zero-order chi connectivity index (χ0) is 15.7. The average Bonchev–Trinajstić information content (AvgIpc) is 2.88. The van der Waals surface area contributed by atoms with E-state index >= 15 is 0 Å². The first-order chi connectivity index (χ1) is 10.6. The Hall–Kier alpha value is -1.96. The van der Waals surface area contributed by atoms with Crippen LogP contribution in [0.4, 0.5) is 4.39 Å². The third kappa shape index (κ3) is 2.83. The van der Waals surface area contributed by atoms with E-state index in [-0.39, 0.29) is 11.7 Å². The smallest absolute Gasteiger partial charge is 0.251 e. The monoisotopic (exact) mass is 409 g/mol. The number of benzene rings is 2. The van der Waals surface area contributed by atoms with Crippen molar-refractivity contribution in [3.63, 3.8) is 0 Å². The van der Waals surface area contributed by atoms with Crippen LogP contribution in [-0.4, -0.2) is 16.1 Å². The second-order valence-electron chi connectivity index (χ2n) is 4.99. The molecule has 1 amide bonds. The maximum atomic E-state index is 13.7. The molecule has 0 saturated heterocycles. The molecule has 1 aromatic heterocycles. The van der Waals surface area contributed by atoms with Crippen LogP contribution in [0.3, 0.4) is 0 Å². The van der Waals surface area contributed by atoms with E-state index < -0.39 is 6.04 Å². The second-order valence-corrected chi connectivity index (χ2v) is 6.06. The Kier molecular flexibility index (Phi) is 4.10. The number of nitrogens with zero attached hydrogens (tertiary/aromatic N) is 1. The van der Waals surface area contributed by atoms with Gasteiger partial charge in [-0.3, -0.25) is 9.89 Å². The number of fused-ring (bicyclic) bond motifs is 1. The van der Waals surface area contributed by atoms with Gasteiger partial charge in [0.15, 0.2) is 0 Å². The summed E-state index contributed by atoms with van der Waals surface area (Å²) >= 11 is 2.13. The Morgan fingerprint density at radius 2 is 2.09 bits per heavy atom. The summed E-state index contributed by atoms with van der Waals surface area (Å²) in [7, 11) is 0. The van der Waals surface area contributed by atoms with E-state index in [0.29, 0.717) is 11.1 Å². The van der Waals surface area contributed by atoms with E-state index in [1.54, 1.807) is 43.3 Å². The molecule has 0 aliphatic carbocycles. The van der Waals surface area contributed by atoms with Crippen molar-refractivity contribution in [2.75, 3.05) is 0 Å². The lowest BCUT2D eigenvalue weighted by atomic mass is 10.1. The van der Waals surface area contributed by atoms with Crippen molar-refractivity contribution >= 4 is 39.4 Å². The fourth-order valence-corrected chi connectivity index (χ4v) is 2.86. The van der Waals surface area contributed by atoms with Crippen molar-refractivity contribution in [1.29, 1.82) is 0 Å². The van der Waals surface area contributed by atoms with Crippen LogP contribution >= 0.6 is 22.6 Å². The summed E-state index contributed by atoms with van der Waals surface area (Å²) in [5.41, 5.74) is 1.80. The highest BCUT2D eigenvalue weighted by atomic mass is 127. The molecule has 0 saturated carbocycles. The Morgan fingerprint density at radius 3 is 2.86 bits per heavy atom. The van der Waals surface area contributed by atoms with Gasteiger partial charge < -0.3 is 5.32 Å². The van der Waals surface area contributed by atoms with E-state index in [1.165, 1.54) is 6.07 Å². The summed E-state index contributed by atoms with van der Waals surface area (Å²) in [6.07, 6.45) is 0. The van der Waals surface area contributed by atoms with Crippen molar-refractivity contribution < 1.29 is 9.18 Å². The first-order valence-corrected chi connectivity index (χ1v) is 7.83. The number of hydrogen-bond donors (Lipinski definition) is 2. The molecule has 0 radical (unpaired) electrons. The van der Waals surface area contributed by atoms with Gasteiger partial charge in [0.1, 0.15) is 9.52 Å². The number of amides is 1. The maximum absolute atomic E-state index is 13.7. The number of rotatable bonds is 3. The van der Waals surface area contributed by atoms with Crippen LogP contribution in [0.15, 0.2) is 42.5 Å². The summed E-state index contributed by atoms with van der Waals surface area (Å²) < 4.78 is 14.6. The quantitative estimate of drug-likeness (QED) is 0.647. The molecule has 0 aliphatic rings. The topological polar surface area (TPSA) is 57.8 Å². The van der Waals surface area contributed by atoms with Crippen LogP contribution in [0.25, 0.3) is 10.9 Å². The summed E-state index contributed by atoms with van der Waals surface area (Å²) in [6.45, 7) is 1.76. The summed E-state index contributed by atoms with van der Waals surface area (Å²) in [4.78, 5) is 12.3. The van der Waals surface area contributed by atoms with Crippen molar-refractivity contribution in [2.45, 2.75) is 13.0 Å². The number of aromatic amines is 1. The molecule has 112 valence electrons. The first kappa shape index (κ1) is 15.0. The first-order valence-electron chi connectivity index (χ1n) is 6.75. The van der Waals surface area contributed by atoms with Gasteiger partial charge in [-0.15, -0.1) is 0 Å². The maximum Gasteiger partial charge on any atom is 0.251 e. The van der Waals surface area contributed by atoms with E-state index in [4.69, 9.17) is 0 Å². The van der Waals surface area contributed by atoms with Gasteiger partial charge in [-0.1, -0.05) is 18.2 Å². The van der Waals surface area contributed by atoms with Crippen molar-refractivity contribution in [2.24, 2.45) is 0 Å². The second kappa shape index (κ2) is 6.04. The zero-order valence-corrected chi connectivity index (χ0v) is 13.9. The minimum absolute atomic E-state index is 0.241. The lowest BCUT2D eigenvalue weighted by molar-refractivity contribution is 0.0939. The van der Waals surface area contributed by atoms with Crippen LogP contribution < -0.4 is 5.32 Å². The van der Waals surface area contributed by atoms with E-state index in [2.05, 4.69) is 38.1 Å². The lowest BCUT2D eigenvalue weighted by Crippen LogP contribution is -2.27. The van der Waals surface area contributed by atoms with Gasteiger partial charge in [-0.25, -0.2) is 4.39 Å². The number of nitrogens with one attached hydrogen (secondary N) is 2. The molecule has 4 nitrogen and oxygen atoms in total. The van der Waals surface area contributed by atoms with Crippen molar-refractivity contribution in [3.05, 3.63) is 63.1 Å². The van der Waals surface area contributed by atoms with Gasteiger partial charge in [0.05, 0.1) is 11.6 Å². The Labute approximate surface area is 140 Å². The zero-order valence-electron chi connectivity index (χ0n) is 11.7. The molecule has 3 rings (SSSR count). The molecule has 0 fully saturated rings. The predicted octanol–water partition coefficient (Wildman–Crippen LogP) is 3.80. The SMILES string of the molecule is C[C@@H](NC(=O)c1ccc2n[nH]c(I)c2c1)c1ccccc1F. The van der Waals surface area contributed by atoms with Crippen LogP contribution in [-0.2, 0) is 0 Å². The number of halogens is 2. The van der Waals surface area contributed by atoms with E-state index in [1.807, 2.05) is 0 Å². The minimum Gasteiger partial charge on any atom is -0.345 e. The standard InChI is InChI=1S/C16H13FIN3O/c1-9(11-4-2-3-5-13(11)17)19-16(22)10-6-7-14-12(8-10)15(18)21-20-14/h2-9H,1H3,(H,19,22)(H,20,21)/t9-/m1/s1. The summed E-state index contributed by atoms with van der Waals surface area (Å²) in [5.74, 6) is -0.565. The molecule has 0 spiro atoms. The molecule has 3 aromatic rings. The predicted molar refractivity (Wildman–Crippen MR) is 91.1 cm³/mol. The number of H-pyrrole nitrogens is 1. The van der Waals surface area contributed by atoms with Gasteiger partial charge in [-0.2, -0.15) is 5.10 Å². The van der Waals surface area contributed by atoms with Crippen LogP contribution in [0.2, 0.25) is 0 Å². The minimum atomic E-state index is -0.409. The van der Waals surface area contributed by atoms with Gasteiger partial charge in [0, 0.05) is 16.5 Å². The van der Waals surface area contributed by atoms with Crippen LogP contribution in [0.5, 0.6) is 0 Å². The number of carbonyl (C=O) groups excluding carboxylic acids is 1. The molecular weight excluding hydrogens is 396 g/mol. The molecule has 2 N–H and O–H groups in total. The summed E-state index contributed by atoms with van der Waals surface area (Å²) in [5, 5.41) is 10.7. The van der Waals surface area contributed by atoms with Crippen LogP contribution in [0, 0.1) is 9.52 Å². The molecule has 0 unspecified atom stereocenters. The largest absolute Gasteiger partial charge is 0.345 e. The van der Waals surface area contributed by atoms with Gasteiger partial charge in [-0.05, 0) is 53.8 Å². The highest BCUT2D eigenvalue weighted by Crippen LogP contribution is 2.20. The molecule has 6 heteroatoms. The molecule has 0 aliphatic heterocycles. The average molecular weight is 409 g/mol. The third-order valence-electron chi connectivity index (χ3n) is 3.49. The number of carbonyl (C=O) groups is 1. The lowest BCUT2D eigenvalue weighted by Gasteiger charge is -2.15. The van der Waals surface area contributed by atoms with Gasteiger partial charge in [0.2, 0.25) is 0 Å². The molecular formula is C16H13FIN3O. The van der Waals surface area contributed by atoms with Crippen molar-refractivity contribution in [1.82, 2.24) is 15.5 Å². The normalized spacial score (nSPS) is 12.3. The third-order valence-corrected chi connectivity index (χ3v) is 4.31. The van der Waals surface area contributed by atoms with Crippen LogP contribution in [0.1, 0.15) is 28.9 Å². The number of aromatic nitrogens is 2. The number of hydrogen-bond acceptors (Lipinski definition) is 2. The van der Waals surface area contributed by atoms with E-state index in [9.17, 15) is 9.18 Å². The van der Waals surface area contributed by atoms with Crippen molar-refractivity contribution in [3.8, 4) is 0 Å². The van der Waals surface area contributed by atoms with Gasteiger partial charge >= 0.3 is 0 Å². The molecule has 1 heterocycles. The fourth-order valence-electron chi connectivity index (χ4n) is 2.30. The highest BCUT2D eigenvalue weighted by Gasteiger charge is 2.15. The molecule has 22 heavy (non-hydrogen) atoms. The summed E-state index contributed by atoms with van der Waals surface area (Å²) in [6, 6.07) is 11.3. The molecule has 0 bridgehead atoms. The molecule has 1 atom stereocenters. The highest BCUT2D eigenvalue weighted by molar-refractivity contribution is 14.1. The Morgan fingerprint density at radius 1 is 1.32 bits per heavy atom. The Balaban J connectivity index is 1.83.